The molecule has 0 aliphatic carbocycles. The first-order chi connectivity index (χ1) is 5.79. The Morgan fingerprint density at radius 3 is 2.92 bits per heavy atom. The Bertz CT molecular complexity index is 426. The van der Waals surface area contributed by atoms with Crippen LogP contribution in [0.3, 0.4) is 0 Å². The Morgan fingerprint density at radius 1 is 1.25 bits per heavy atom. The summed E-state index contributed by atoms with van der Waals surface area (Å²) < 4.78 is 0.876. The highest BCUT2D eigenvalue weighted by atomic mass is 79.9. The fourth-order valence-electron chi connectivity index (χ4n) is 1.13. The molecule has 0 amide bonds. The van der Waals surface area contributed by atoms with E-state index in [2.05, 4.69) is 20.9 Å². The summed E-state index contributed by atoms with van der Waals surface area (Å²) in [4.78, 5) is 4.21. The number of anilines is 1. The third-order valence-corrected chi connectivity index (χ3v) is 2.58. The van der Waals surface area contributed by atoms with E-state index in [1.165, 1.54) is 0 Å². The minimum absolute atomic E-state index is 0.723. The molecule has 0 atom stereocenters. The lowest BCUT2D eigenvalue weighted by atomic mass is 10.2. The van der Waals surface area contributed by atoms with E-state index in [1.807, 2.05) is 24.3 Å². The molecule has 0 aliphatic rings. The van der Waals surface area contributed by atoms with Crippen LogP contribution in [0, 0.1) is 0 Å². The Labute approximate surface area is 78.5 Å². The predicted molar refractivity (Wildman–Crippen MR) is 53.9 cm³/mol. The van der Waals surface area contributed by atoms with E-state index in [9.17, 15) is 0 Å². The SMILES string of the molecule is Nc1ccc2cccnc2c1Br. The van der Waals surface area contributed by atoms with E-state index in [1.54, 1.807) is 6.20 Å². The lowest BCUT2D eigenvalue weighted by molar-refractivity contribution is 1.40. The fourth-order valence-corrected chi connectivity index (χ4v) is 1.59. The minimum atomic E-state index is 0.723. The minimum Gasteiger partial charge on any atom is -0.398 e. The van der Waals surface area contributed by atoms with Crippen molar-refractivity contribution in [2.24, 2.45) is 0 Å². The fraction of sp³-hybridized carbons (Fsp3) is 0. The van der Waals surface area contributed by atoms with Crippen LogP contribution in [0.4, 0.5) is 5.69 Å². The highest BCUT2D eigenvalue weighted by Gasteiger charge is 2.01. The van der Waals surface area contributed by atoms with Gasteiger partial charge in [0.25, 0.3) is 0 Å². The molecule has 2 nitrogen and oxygen atoms in total. The number of halogens is 1. The zero-order valence-electron chi connectivity index (χ0n) is 6.29. The molecule has 0 fully saturated rings. The number of hydrogen-bond acceptors (Lipinski definition) is 2. The van der Waals surface area contributed by atoms with Crippen LogP contribution in [0.5, 0.6) is 0 Å². The molecule has 2 rings (SSSR count). The van der Waals surface area contributed by atoms with Crippen LogP contribution in [0.15, 0.2) is 34.9 Å². The van der Waals surface area contributed by atoms with Gasteiger partial charge in [0.2, 0.25) is 0 Å². The number of nitrogen functional groups attached to an aromatic ring is 1. The Morgan fingerprint density at radius 2 is 2.08 bits per heavy atom. The van der Waals surface area contributed by atoms with Gasteiger partial charge >= 0.3 is 0 Å². The van der Waals surface area contributed by atoms with Gasteiger partial charge in [0.05, 0.1) is 9.99 Å². The van der Waals surface area contributed by atoms with Crippen molar-refractivity contribution < 1.29 is 0 Å². The molecule has 3 heteroatoms. The third kappa shape index (κ3) is 1.06. The second-order valence-corrected chi connectivity index (χ2v) is 3.34. The number of benzene rings is 1. The molecule has 0 aliphatic heterocycles. The Kier molecular flexibility index (Phi) is 1.73. The molecule has 1 heterocycles. The summed E-state index contributed by atoms with van der Waals surface area (Å²) in [5, 5.41) is 1.10. The highest BCUT2D eigenvalue weighted by molar-refractivity contribution is 9.10. The van der Waals surface area contributed by atoms with Gasteiger partial charge in [-0.3, -0.25) is 4.98 Å². The lowest BCUT2D eigenvalue weighted by Crippen LogP contribution is -1.88. The summed E-state index contributed by atoms with van der Waals surface area (Å²) >= 11 is 3.39. The van der Waals surface area contributed by atoms with E-state index in [-0.39, 0.29) is 0 Å². The summed E-state index contributed by atoms with van der Waals surface area (Å²) in [6.07, 6.45) is 1.76. The number of rotatable bonds is 0. The maximum Gasteiger partial charge on any atom is 0.0864 e. The van der Waals surface area contributed by atoms with Gasteiger partial charge in [0.15, 0.2) is 0 Å². The van der Waals surface area contributed by atoms with Crippen LogP contribution in [-0.4, -0.2) is 4.98 Å². The smallest absolute Gasteiger partial charge is 0.0864 e. The van der Waals surface area contributed by atoms with Crippen LogP contribution < -0.4 is 5.73 Å². The van der Waals surface area contributed by atoms with E-state index < -0.39 is 0 Å². The molecule has 12 heavy (non-hydrogen) atoms. The number of pyridine rings is 1. The Balaban J connectivity index is 2.91. The zero-order valence-corrected chi connectivity index (χ0v) is 7.88. The van der Waals surface area contributed by atoms with E-state index in [4.69, 9.17) is 5.73 Å². The normalized spacial score (nSPS) is 10.4. The zero-order chi connectivity index (χ0) is 8.55. The summed E-state index contributed by atoms with van der Waals surface area (Å²) in [6.45, 7) is 0. The predicted octanol–water partition coefficient (Wildman–Crippen LogP) is 2.58. The first kappa shape index (κ1) is 7.55. The van der Waals surface area contributed by atoms with Gasteiger partial charge in [0.1, 0.15) is 0 Å². The lowest BCUT2D eigenvalue weighted by Gasteiger charge is -2.01. The van der Waals surface area contributed by atoms with Crippen molar-refractivity contribution in [2.45, 2.75) is 0 Å². The summed E-state index contributed by atoms with van der Waals surface area (Å²) in [6, 6.07) is 7.74. The van der Waals surface area contributed by atoms with Crippen molar-refractivity contribution in [1.82, 2.24) is 4.98 Å². The first-order valence-electron chi connectivity index (χ1n) is 3.58. The maximum absolute atomic E-state index is 5.70. The topological polar surface area (TPSA) is 38.9 Å². The highest BCUT2D eigenvalue weighted by Crippen LogP contribution is 2.27. The molecule has 1 aromatic carbocycles. The van der Waals surface area contributed by atoms with E-state index in [0.29, 0.717) is 0 Å². The van der Waals surface area contributed by atoms with Crippen molar-refractivity contribution in [3.05, 3.63) is 34.9 Å². The van der Waals surface area contributed by atoms with Crippen LogP contribution >= 0.6 is 15.9 Å². The van der Waals surface area contributed by atoms with Crippen LogP contribution in [-0.2, 0) is 0 Å². The molecular weight excluding hydrogens is 216 g/mol. The summed E-state index contributed by atoms with van der Waals surface area (Å²) in [5.41, 5.74) is 7.34. The molecule has 0 unspecified atom stereocenters. The van der Waals surface area contributed by atoms with Gasteiger partial charge in [-0.2, -0.15) is 0 Å². The van der Waals surface area contributed by atoms with Crippen molar-refractivity contribution in [2.75, 3.05) is 5.73 Å². The average molecular weight is 223 g/mol. The van der Waals surface area contributed by atoms with Gasteiger partial charge in [0, 0.05) is 17.3 Å². The average Bonchev–Trinajstić information content (AvgIpc) is 2.12. The van der Waals surface area contributed by atoms with Crippen LogP contribution in [0.2, 0.25) is 0 Å². The maximum atomic E-state index is 5.70. The molecule has 60 valence electrons. The number of nitrogens with zero attached hydrogens (tertiary/aromatic N) is 1. The molecule has 2 N–H and O–H groups in total. The molecule has 2 aromatic rings. The van der Waals surface area contributed by atoms with Crippen molar-refractivity contribution >= 4 is 32.5 Å². The van der Waals surface area contributed by atoms with Crippen molar-refractivity contribution in [1.29, 1.82) is 0 Å². The largest absolute Gasteiger partial charge is 0.398 e. The van der Waals surface area contributed by atoms with Gasteiger partial charge in [-0.15, -0.1) is 0 Å². The number of aromatic nitrogens is 1. The molecule has 0 spiro atoms. The number of fused-ring (bicyclic) bond motifs is 1. The molecule has 0 saturated heterocycles. The molecule has 0 saturated carbocycles. The van der Waals surface area contributed by atoms with Crippen molar-refractivity contribution in [3.8, 4) is 0 Å². The van der Waals surface area contributed by atoms with Gasteiger partial charge in [-0.05, 0) is 28.1 Å². The molecule has 0 bridgehead atoms. The second kappa shape index (κ2) is 2.75. The second-order valence-electron chi connectivity index (χ2n) is 2.54. The van der Waals surface area contributed by atoms with E-state index >= 15 is 0 Å². The number of nitrogens with two attached hydrogens (primary N) is 1. The Hall–Kier alpha value is -1.09. The molecule has 1 aromatic heterocycles. The van der Waals surface area contributed by atoms with Crippen LogP contribution in [0.25, 0.3) is 10.9 Å². The summed E-state index contributed by atoms with van der Waals surface area (Å²) in [7, 11) is 0. The third-order valence-electron chi connectivity index (χ3n) is 1.74. The van der Waals surface area contributed by atoms with Crippen molar-refractivity contribution in [3.63, 3.8) is 0 Å². The van der Waals surface area contributed by atoms with Gasteiger partial charge in [-0.25, -0.2) is 0 Å². The monoisotopic (exact) mass is 222 g/mol. The van der Waals surface area contributed by atoms with Crippen LogP contribution in [0.1, 0.15) is 0 Å². The standard InChI is InChI=1S/C9H7BrN2/c10-8-7(11)4-3-6-2-1-5-12-9(6)8/h1-5H,11H2. The summed E-state index contributed by atoms with van der Waals surface area (Å²) in [5.74, 6) is 0. The molecular formula is C9H7BrN2. The van der Waals surface area contributed by atoms with Gasteiger partial charge in [-0.1, -0.05) is 12.1 Å². The van der Waals surface area contributed by atoms with E-state index in [0.717, 1.165) is 21.1 Å². The quantitative estimate of drug-likeness (QED) is 0.697. The molecule has 0 radical (unpaired) electrons. The number of hydrogen-bond donors (Lipinski definition) is 1. The van der Waals surface area contributed by atoms with Gasteiger partial charge < -0.3 is 5.73 Å². The first-order valence-corrected chi connectivity index (χ1v) is 4.37.